The molecule has 3 saturated heterocycles. The maximum Gasteiger partial charge on any atom is 0.364 e. The van der Waals surface area contributed by atoms with Gasteiger partial charge in [-0.25, -0.2) is 4.79 Å². The predicted octanol–water partition coefficient (Wildman–Crippen LogP) is 6.90. The molecule has 2 amide bonds. The molecule has 3 rings (SSSR count). The number of hydrogen-bond donors (Lipinski definition) is 14. The number of unbranched alkanes of at least 4 members (excludes halogenated alkanes) is 35. The van der Waals surface area contributed by atoms with Gasteiger partial charge in [-0.1, -0.05) is 245 Å². The minimum absolute atomic E-state index is 0.229. The zero-order valence-electron chi connectivity index (χ0n) is 56.0. The summed E-state index contributed by atoms with van der Waals surface area (Å²) < 4.78 is 34.9. The van der Waals surface area contributed by atoms with E-state index < -0.39 is 148 Å². The predicted molar refractivity (Wildman–Crippen MR) is 343 cm³/mol. The molecular weight excluding hydrogens is 1180 g/mol. The maximum absolute atomic E-state index is 13.5. The van der Waals surface area contributed by atoms with Gasteiger partial charge in [0, 0.05) is 19.8 Å². The molecule has 18 atom stereocenters. The lowest BCUT2D eigenvalue weighted by molar-refractivity contribution is -0.386. The van der Waals surface area contributed by atoms with Gasteiger partial charge in [-0.05, 0) is 12.8 Å². The Balaban J connectivity index is 1.58. The lowest BCUT2D eigenvalue weighted by Gasteiger charge is -2.50. The second kappa shape index (κ2) is 49.3. The average Bonchev–Trinajstić information content (AvgIpc) is 0.766. The number of carbonyl (C=O) groups is 3. The number of carboxylic acid groups (broad SMARTS) is 1. The van der Waals surface area contributed by atoms with Crippen LogP contribution >= 0.6 is 0 Å². The van der Waals surface area contributed by atoms with E-state index in [1.807, 2.05) is 0 Å². The molecule has 0 bridgehead atoms. The van der Waals surface area contributed by atoms with Crippen molar-refractivity contribution in [2.45, 2.75) is 387 Å². The number of rotatable bonds is 55. The van der Waals surface area contributed by atoms with Crippen LogP contribution in [0.1, 0.15) is 278 Å². The average molecular weight is 1310 g/mol. The number of nitrogens with one attached hydrogen (secondary N) is 2. The van der Waals surface area contributed by atoms with Crippen LogP contribution in [0.15, 0.2) is 0 Å². The molecule has 14 N–H and O–H groups in total. The van der Waals surface area contributed by atoms with E-state index in [1.165, 1.54) is 180 Å². The maximum atomic E-state index is 13.5. The first-order chi connectivity index (χ1) is 43.9. The van der Waals surface area contributed by atoms with Crippen molar-refractivity contribution in [2.75, 3.05) is 26.4 Å². The second-order valence-corrected chi connectivity index (χ2v) is 26.5. The molecule has 0 aliphatic carbocycles. The van der Waals surface area contributed by atoms with Gasteiger partial charge in [0.25, 0.3) is 5.79 Å². The Kier molecular flexibility index (Phi) is 44.9. The number of hydrogen-bond acceptors (Lipinski definition) is 20. The number of carbonyl (C=O) groups excluding carboxylic acids is 2. The van der Waals surface area contributed by atoms with Crippen molar-refractivity contribution in [1.82, 2.24) is 10.6 Å². The number of aliphatic carboxylic acids is 1. The van der Waals surface area contributed by atoms with Gasteiger partial charge in [0.15, 0.2) is 12.6 Å². The van der Waals surface area contributed by atoms with Crippen LogP contribution in [-0.4, -0.2) is 215 Å². The highest BCUT2D eigenvalue weighted by atomic mass is 16.8. The Labute approximate surface area is 544 Å². The summed E-state index contributed by atoms with van der Waals surface area (Å²) in [6, 6.07) is -2.52. The Hall–Kier alpha value is -2.27. The van der Waals surface area contributed by atoms with Crippen molar-refractivity contribution in [1.29, 1.82) is 0 Å². The van der Waals surface area contributed by atoms with Crippen LogP contribution < -0.4 is 10.6 Å². The molecular formula is C68H128N2O21. The quantitative estimate of drug-likeness (QED) is 0.0275. The minimum Gasteiger partial charge on any atom is -0.477 e. The summed E-state index contributed by atoms with van der Waals surface area (Å²) in [4.78, 5) is 38.6. The molecule has 18 unspecified atom stereocenters. The van der Waals surface area contributed by atoms with E-state index in [9.17, 15) is 75.7 Å². The molecule has 23 heteroatoms. The summed E-state index contributed by atoms with van der Waals surface area (Å²) >= 11 is 0. The van der Waals surface area contributed by atoms with Gasteiger partial charge in [0.05, 0.1) is 50.7 Å². The zero-order chi connectivity index (χ0) is 66.8. The number of carboxylic acids is 1. The Bertz CT molecular complexity index is 1850. The summed E-state index contributed by atoms with van der Waals surface area (Å²) in [7, 11) is 0. The SMILES string of the molecule is CCCCCCCCCCCCCCCCCCCCCCCC(O)C(COC1OC(CO)C(OC2OC(CO)C(O)C(OC3(C(=O)O)CC(O)C(NC(C)=O)C(C(O)C(O)CO)O3)C2O)C(O)C1O)NC(=O)CCCCCCCCCCCCCCCCCC. The van der Waals surface area contributed by atoms with Gasteiger partial charge in [0.1, 0.15) is 67.1 Å². The molecule has 3 fully saturated rings. The summed E-state index contributed by atoms with van der Waals surface area (Å²) in [6.45, 7) is 2.23. The smallest absolute Gasteiger partial charge is 0.364 e. The number of amides is 2. The first-order valence-corrected chi connectivity index (χ1v) is 35.9. The highest BCUT2D eigenvalue weighted by molar-refractivity contribution is 5.77. The summed E-state index contributed by atoms with van der Waals surface area (Å²) in [5, 5.41) is 136. The van der Waals surface area contributed by atoms with Gasteiger partial charge in [-0.3, -0.25) is 9.59 Å². The zero-order valence-corrected chi connectivity index (χ0v) is 56.0. The molecule has 3 heterocycles. The molecule has 0 aromatic carbocycles. The number of aliphatic hydroxyl groups excluding tert-OH is 11. The largest absolute Gasteiger partial charge is 0.477 e. The molecule has 0 spiro atoms. The highest BCUT2D eigenvalue weighted by Crippen LogP contribution is 2.39. The lowest BCUT2D eigenvalue weighted by Crippen LogP contribution is -2.70. The fourth-order valence-electron chi connectivity index (χ4n) is 12.8. The van der Waals surface area contributed by atoms with Crippen molar-refractivity contribution in [3.05, 3.63) is 0 Å². The van der Waals surface area contributed by atoms with Crippen LogP contribution in [0.4, 0.5) is 0 Å². The number of ether oxygens (including phenoxy) is 6. The first-order valence-electron chi connectivity index (χ1n) is 35.9. The fraction of sp³-hybridized carbons (Fsp3) is 0.956. The summed E-state index contributed by atoms with van der Waals surface area (Å²) in [6.07, 6.45) is 16.7. The summed E-state index contributed by atoms with van der Waals surface area (Å²) in [5.74, 6) is -6.09. The minimum atomic E-state index is -3.08. The third-order valence-electron chi connectivity index (χ3n) is 18.6. The van der Waals surface area contributed by atoms with Gasteiger partial charge in [-0.15, -0.1) is 0 Å². The normalized spacial score (nSPS) is 28.4. The van der Waals surface area contributed by atoms with Crippen molar-refractivity contribution >= 4 is 17.8 Å². The highest BCUT2D eigenvalue weighted by Gasteiger charge is 2.60. The third kappa shape index (κ3) is 31.7. The molecule has 3 aliphatic rings. The standard InChI is InChI=1S/C68H128N2O21/c1-4-6-8-10-12-14-16-18-20-22-23-24-25-26-27-29-31-33-35-37-39-41-50(75)49(70-55(78)42-40-38-36-34-32-30-28-21-19-17-15-13-11-9-7-5-2)47-86-65-60(82)59(81)62(54(46-73)88-65)89-66-61(83)64(58(80)53(45-72)87-66)91-68(67(84)85)43-51(76)56(69-48(3)74)63(90-68)57(79)52(77)44-71/h49-54,56-66,71-73,75-77,79-83H,4-47H2,1-3H3,(H,69,74)(H,70,78)(H,84,85). The van der Waals surface area contributed by atoms with Crippen LogP contribution in [0.2, 0.25) is 0 Å². The van der Waals surface area contributed by atoms with Crippen LogP contribution in [0, 0.1) is 0 Å². The van der Waals surface area contributed by atoms with Crippen LogP contribution in [-0.2, 0) is 42.8 Å². The van der Waals surface area contributed by atoms with Gasteiger partial charge < -0.3 is 100 Å². The first kappa shape index (κ1) is 83.0. The van der Waals surface area contributed by atoms with Gasteiger partial charge >= 0.3 is 5.97 Å². The molecule has 91 heavy (non-hydrogen) atoms. The number of aliphatic hydroxyl groups is 11. The van der Waals surface area contributed by atoms with E-state index in [2.05, 4.69) is 24.5 Å². The van der Waals surface area contributed by atoms with Crippen molar-refractivity contribution in [3.63, 3.8) is 0 Å². The fourth-order valence-corrected chi connectivity index (χ4v) is 12.8. The molecule has 23 nitrogen and oxygen atoms in total. The molecule has 3 aliphatic heterocycles. The van der Waals surface area contributed by atoms with E-state index in [-0.39, 0.29) is 18.9 Å². The molecule has 0 saturated carbocycles. The molecule has 0 radical (unpaired) electrons. The Morgan fingerprint density at radius 1 is 0.527 bits per heavy atom. The Morgan fingerprint density at radius 2 is 0.956 bits per heavy atom. The molecule has 536 valence electrons. The lowest BCUT2D eigenvalue weighted by atomic mass is 9.88. The topological polar surface area (TPSA) is 373 Å². The van der Waals surface area contributed by atoms with Crippen molar-refractivity contribution in [2.24, 2.45) is 0 Å². The van der Waals surface area contributed by atoms with Crippen LogP contribution in [0.25, 0.3) is 0 Å². The third-order valence-corrected chi connectivity index (χ3v) is 18.6. The van der Waals surface area contributed by atoms with Crippen molar-refractivity contribution < 1.29 is 104 Å². The van der Waals surface area contributed by atoms with E-state index in [0.29, 0.717) is 19.3 Å². The van der Waals surface area contributed by atoms with Crippen molar-refractivity contribution in [3.8, 4) is 0 Å². The van der Waals surface area contributed by atoms with Gasteiger partial charge in [0.2, 0.25) is 11.8 Å². The van der Waals surface area contributed by atoms with E-state index in [0.717, 1.165) is 51.9 Å². The monoisotopic (exact) mass is 1310 g/mol. The molecule has 0 aromatic rings. The van der Waals surface area contributed by atoms with Crippen LogP contribution in [0.5, 0.6) is 0 Å². The summed E-state index contributed by atoms with van der Waals surface area (Å²) in [5.41, 5.74) is 0. The Morgan fingerprint density at radius 3 is 1.37 bits per heavy atom. The van der Waals surface area contributed by atoms with Gasteiger partial charge in [-0.2, -0.15) is 0 Å². The van der Waals surface area contributed by atoms with E-state index >= 15 is 0 Å². The second-order valence-electron chi connectivity index (χ2n) is 26.5. The van der Waals surface area contributed by atoms with E-state index in [1.54, 1.807) is 0 Å². The van der Waals surface area contributed by atoms with Crippen LogP contribution in [0.3, 0.4) is 0 Å². The molecule has 0 aromatic heterocycles. The van der Waals surface area contributed by atoms with E-state index in [4.69, 9.17) is 28.4 Å².